The molecule has 3 rings (SSSR count). The number of carbonyl (C=O) groups is 2. The van der Waals surface area contributed by atoms with Gasteiger partial charge >= 0.3 is 5.97 Å². The van der Waals surface area contributed by atoms with Crippen LogP contribution < -0.4 is 10.2 Å². The largest absolute Gasteiger partial charge is 0.456 e. The predicted octanol–water partition coefficient (Wildman–Crippen LogP) is 2.20. The average molecular weight is 457 g/mol. The molecule has 0 saturated carbocycles. The molecule has 0 radical (unpaired) electrons. The molecular weight excluding hydrogens is 434 g/mol. The summed E-state index contributed by atoms with van der Waals surface area (Å²) < 4.78 is 5.04. The van der Waals surface area contributed by atoms with Gasteiger partial charge in [-0.15, -0.1) is 0 Å². The first-order chi connectivity index (χ1) is 15.8. The topological polar surface area (TPSA) is 148 Å². The van der Waals surface area contributed by atoms with E-state index in [-0.39, 0.29) is 36.9 Å². The summed E-state index contributed by atoms with van der Waals surface area (Å²) >= 11 is 0. The third-order valence-electron chi connectivity index (χ3n) is 5.16. The molecule has 33 heavy (non-hydrogen) atoms. The number of nitro benzene ring substituents is 2. The molecule has 174 valence electrons. The molecule has 2 aromatic carbocycles. The van der Waals surface area contributed by atoms with Crippen molar-refractivity contribution in [2.24, 2.45) is 0 Å². The number of piperazine rings is 1. The van der Waals surface area contributed by atoms with Gasteiger partial charge in [-0.25, -0.2) is 0 Å². The fraction of sp³-hybridized carbons (Fsp3) is 0.333. The Morgan fingerprint density at radius 2 is 1.61 bits per heavy atom. The lowest BCUT2D eigenvalue weighted by Crippen LogP contribution is -2.49. The van der Waals surface area contributed by atoms with Crippen LogP contribution in [0.25, 0.3) is 0 Å². The van der Waals surface area contributed by atoms with E-state index in [9.17, 15) is 29.8 Å². The molecule has 12 nitrogen and oxygen atoms in total. The highest BCUT2D eigenvalue weighted by Gasteiger charge is 2.22. The van der Waals surface area contributed by atoms with Gasteiger partial charge in [-0.3, -0.25) is 29.8 Å². The number of para-hydroxylation sites is 2. The minimum Gasteiger partial charge on any atom is -0.456 e. The molecule has 1 saturated heterocycles. The van der Waals surface area contributed by atoms with E-state index in [1.807, 2.05) is 4.90 Å². The number of benzene rings is 2. The maximum Gasteiger partial charge on any atom is 0.308 e. The minimum atomic E-state index is -0.584. The van der Waals surface area contributed by atoms with Gasteiger partial charge < -0.3 is 19.9 Å². The monoisotopic (exact) mass is 457 g/mol. The Hall–Kier alpha value is -4.22. The number of anilines is 2. The van der Waals surface area contributed by atoms with Gasteiger partial charge in [-0.05, 0) is 18.2 Å². The Morgan fingerprint density at radius 1 is 0.939 bits per heavy atom. The molecule has 0 spiro atoms. The van der Waals surface area contributed by atoms with Crippen LogP contribution in [0.3, 0.4) is 0 Å². The Balaban J connectivity index is 1.37. The first kappa shape index (κ1) is 23.4. The second-order valence-electron chi connectivity index (χ2n) is 7.25. The van der Waals surface area contributed by atoms with E-state index in [1.165, 1.54) is 18.2 Å². The number of nitrogens with one attached hydrogen (secondary N) is 1. The summed E-state index contributed by atoms with van der Waals surface area (Å²) in [4.78, 5) is 48.7. The average Bonchev–Trinajstić information content (AvgIpc) is 2.83. The van der Waals surface area contributed by atoms with Crippen LogP contribution in [0.2, 0.25) is 0 Å². The molecule has 0 aromatic heterocycles. The third kappa shape index (κ3) is 6.38. The van der Waals surface area contributed by atoms with Crippen LogP contribution in [0.4, 0.5) is 22.7 Å². The lowest BCUT2D eigenvalue weighted by Gasteiger charge is -2.36. The van der Waals surface area contributed by atoms with E-state index >= 15 is 0 Å². The Kier molecular flexibility index (Phi) is 7.73. The Labute approximate surface area is 189 Å². The number of rotatable bonds is 9. The van der Waals surface area contributed by atoms with Crippen molar-refractivity contribution in [3.63, 3.8) is 0 Å². The molecular formula is C21H23N5O7. The molecule has 0 aliphatic carbocycles. The molecule has 1 N–H and O–H groups in total. The summed E-state index contributed by atoms with van der Waals surface area (Å²) in [5.74, 6) is -0.891. The van der Waals surface area contributed by atoms with E-state index in [0.717, 1.165) is 5.69 Å². The van der Waals surface area contributed by atoms with E-state index in [2.05, 4.69) is 5.32 Å². The van der Waals surface area contributed by atoms with Crippen LogP contribution in [0, 0.1) is 20.2 Å². The molecule has 12 heteroatoms. The molecule has 0 unspecified atom stereocenters. The third-order valence-corrected chi connectivity index (χ3v) is 5.16. The molecule has 0 atom stereocenters. The van der Waals surface area contributed by atoms with E-state index in [4.69, 9.17) is 4.74 Å². The minimum absolute atomic E-state index is 0.0200. The fourth-order valence-corrected chi connectivity index (χ4v) is 3.39. The van der Waals surface area contributed by atoms with Crippen molar-refractivity contribution < 1.29 is 24.2 Å². The highest BCUT2D eigenvalue weighted by molar-refractivity contribution is 5.81. The molecule has 1 aliphatic heterocycles. The highest BCUT2D eigenvalue weighted by Crippen LogP contribution is 2.23. The van der Waals surface area contributed by atoms with Crippen LogP contribution in [0.5, 0.6) is 0 Å². The van der Waals surface area contributed by atoms with Crippen LogP contribution >= 0.6 is 0 Å². The van der Waals surface area contributed by atoms with Gasteiger partial charge in [0.1, 0.15) is 5.69 Å². The number of non-ortho nitro benzene ring substituents is 1. The van der Waals surface area contributed by atoms with Crippen molar-refractivity contribution in [3.05, 3.63) is 68.8 Å². The predicted molar refractivity (Wildman–Crippen MR) is 119 cm³/mol. The highest BCUT2D eigenvalue weighted by atomic mass is 16.6. The van der Waals surface area contributed by atoms with Crippen LogP contribution in [-0.2, 0) is 14.3 Å². The van der Waals surface area contributed by atoms with E-state index < -0.39 is 15.8 Å². The first-order valence-electron chi connectivity index (χ1n) is 10.3. The van der Waals surface area contributed by atoms with Gasteiger partial charge in [0, 0.05) is 56.6 Å². The van der Waals surface area contributed by atoms with Gasteiger partial charge in [0.05, 0.1) is 16.3 Å². The summed E-state index contributed by atoms with van der Waals surface area (Å²) in [5.41, 5.74) is 1.07. The first-order valence-corrected chi connectivity index (χ1v) is 10.3. The molecule has 0 bridgehead atoms. The standard InChI is InChI=1S/C21H23N5O7/c27-20(15-33-21(28)9-10-22-18-3-1-2-4-19(18)26(31)32)24-13-11-23(12-14-24)16-5-7-17(8-6-16)25(29)30/h1-8,22H,9-15H2. The zero-order chi connectivity index (χ0) is 23.8. The number of ether oxygens (including phenoxy) is 1. The lowest BCUT2D eigenvalue weighted by molar-refractivity contribution is -0.384. The molecule has 2 aromatic rings. The zero-order valence-corrected chi connectivity index (χ0v) is 17.7. The number of esters is 1. The fourth-order valence-electron chi connectivity index (χ4n) is 3.39. The molecule has 1 heterocycles. The SMILES string of the molecule is O=C(CCNc1ccccc1[N+](=O)[O-])OCC(=O)N1CCN(c2ccc([N+](=O)[O-])cc2)CC1. The summed E-state index contributed by atoms with van der Waals surface area (Å²) in [6, 6.07) is 12.3. The van der Waals surface area contributed by atoms with Crippen LogP contribution in [0.15, 0.2) is 48.5 Å². The maximum atomic E-state index is 12.3. The van der Waals surface area contributed by atoms with Crippen molar-refractivity contribution in [3.8, 4) is 0 Å². The van der Waals surface area contributed by atoms with Crippen molar-refractivity contribution >= 4 is 34.6 Å². The van der Waals surface area contributed by atoms with Gasteiger partial charge in [-0.2, -0.15) is 0 Å². The molecule has 1 amide bonds. The molecule has 1 fully saturated rings. The Morgan fingerprint density at radius 3 is 2.24 bits per heavy atom. The second-order valence-corrected chi connectivity index (χ2v) is 7.25. The van der Waals surface area contributed by atoms with Crippen molar-refractivity contribution in [1.29, 1.82) is 0 Å². The van der Waals surface area contributed by atoms with Gasteiger partial charge in [0.25, 0.3) is 17.3 Å². The number of hydrogen-bond acceptors (Lipinski definition) is 9. The summed E-state index contributed by atoms with van der Waals surface area (Å²) in [5, 5.41) is 24.6. The number of carbonyl (C=O) groups excluding carboxylic acids is 2. The van der Waals surface area contributed by atoms with Crippen molar-refractivity contribution in [1.82, 2.24) is 4.90 Å². The molecule has 1 aliphatic rings. The lowest BCUT2D eigenvalue weighted by atomic mass is 10.2. The second kappa shape index (κ2) is 10.9. The van der Waals surface area contributed by atoms with Crippen molar-refractivity contribution in [2.45, 2.75) is 6.42 Å². The summed E-state index contributed by atoms with van der Waals surface area (Å²) in [6.45, 7) is 1.74. The van der Waals surface area contributed by atoms with Crippen LogP contribution in [-0.4, -0.2) is 66.0 Å². The summed E-state index contributed by atoms with van der Waals surface area (Å²) in [7, 11) is 0. The number of hydrogen-bond donors (Lipinski definition) is 1. The van der Waals surface area contributed by atoms with E-state index in [1.54, 1.807) is 35.2 Å². The van der Waals surface area contributed by atoms with Crippen molar-refractivity contribution in [2.75, 3.05) is 49.5 Å². The van der Waals surface area contributed by atoms with Gasteiger partial charge in [-0.1, -0.05) is 12.1 Å². The van der Waals surface area contributed by atoms with Gasteiger partial charge in [0.2, 0.25) is 0 Å². The smallest absolute Gasteiger partial charge is 0.308 e. The van der Waals surface area contributed by atoms with Gasteiger partial charge in [0.15, 0.2) is 6.61 Å². The Bertz CT molecular complexity index is 1020. The number of nitro groups is 2. The van der Waals surface area contributed by atoms with E-state index in [0.29, 0.717) is 31.9 Å². The number of nitrogens with zero attached hydrogens (tertiary/aromatic N) is 4. The summed E-state index contributed by atoms with van der Waals surface area (Å²) in [6.07, 6.45) is -0.0484. The maximum absolute atomic E-state index is 12.3. The quantitative estimate of drug-likeness (QED) is 0.340. The van der Waals surface area contributed by atoms with Crippen LogP contribution in [0.1, 0.15) is 6.42 Å². The number of amides is 1. The zero-order valence-electron chi connectivity index (χ0n) is 17.7. The normalized spacial score (nSPS) is 13.3.